The van der Waals surface area contributed by atoms with Crippen LogP contribution in [0, 0.1) is 5.92 Å². The largest absolute Gasteiger partial charge is 0.484 e. The molecule has 158 valence electrons. The van der Waals surface area contributed by atoms with Gasteiger partial charge >= 0.3 is 0 Å². The number of nitrogens with one attached hydrogen (secondary N) is 2. The summed E-state index contributed by atoms with van der Waals surface area (Å²) in [5.41, 5.74) is 1.08. The topological polar surface area (TPSA) is 76.7 Å². The fourth-order valence-corrected chi connectivity index (χ4v) is 3.07. The number of carbonyl (C=O) groups is 2. The van der Waals surface area contributed by atoms with Crippen molar-refractivity contribution in [2.75, 3.05) is 17.2 Å². The minimum atomic E-state index is -0.368. The molecule has 1 fully saturated rings. The van der Waals surface area contributed by atoms with E-state index in [2.05, 4.69) is 10.6 Å². The predicted molar refractivity (Wildman–Crippen MR) is 120 cm³/mol. The highest BCUT2D eigenvalue weighted by Crippen LogP contribution is 2.32. The molecule has 2 amide bonds. The zero-order valence-corrected chi connectivity index (χ0v) is 17.4. The van der Waals surface area contributed by atoms with E-state index in [0.29, 0.717) is 33.6 Å². The summed E-state index contributed by atoms with van der Waals surface area (Å²) in [6.07, 6.45) is 1.86. The molecule has 0 aromatic heterocycles. The number of anilines is 2. The van der Waals surface area contributed by atoms with Gasteiger partial charge in [-0.05, 0) is 55.3 Å². The van der Waals surface area contributed by atoms with Crippen molar-refractivity contribution in [1.29, 1.82) is 0 Å². The summed E-state index contributed by atoms with van der Waals surface area (Å²) in [5.74, 6) is 1.35. The number of amides is 2. The molecule has 0 atom stereocenters. The molecule has 31 heavy (non-hydrogen) atoms. The molecule has 6 nitrogen and oxygen atoms in total. The molecule has 0 bridgehead atoms. The Labute approximate surface area is 185 Å². The first-order valence-electron chi connectivity index (χ1n) is 9.93. The molecule has 0 aliphatic heterocycles. The lowest BCUT2D eigenvalue weighted by atomic mass is 10.2. The summed E-state index contributed by atoms with van der Waals surface area (Å²) in [7, 11) is 0. The lowest BCUT2D eigenvalue weighted by Gasteiger charge is -2.13. The van der Waals surface area contributed by atoms with Crippen molar-refractivity contribution in [2.24, 2.45) is 5.92 Å². The van der Waals surface area contributed by atoms with Crippen LogP contribution < -0.4 is 20.1 Å². The van der Waals surface area contributed by atoms with E-state index in [1.165, 1.54) is 0 Å². The monoisotopic (exact) mass is 436 g/mol. The van der Waals surface area contributed by atoms with Crippen LogP contribution in [0.2, 0.25) is 5.02 Å². The number of rotatable bonds is 8. The summed E-state index contributed by atoms with van der Waals surface area (Å²) in [6, 6.07) is 21.2. The van der Waals surface area contributed by atoms with Crippen molar-refractivity contribution in [3.8, 4) is 17.2 Å². The SMILES string of the molecule is O=C(COc1cccc(NC(=O)C2CC2)c1)Nc1cc(Cl)ccc1Oc1ccccc1. The van der Waals surface area contributed by atoms with E-state index in [9.17, 15) is 9.59 Å². The van der Waals surface area contributed by atoms with Crippen LogP contribution in [0.25, 0.3) is 0 Å². The van der Waals surface area contributed by atoms with Crippen molar-refractivity contribution in [3.05, 3.63) is 77.8 Å². The van der Waals surface area contributed by atoms with Crippen LogP contribution in [-0.4, -0.2) is 18.4 Å². The quantitative estimate of drug-likeness (QED) is 0.489. The van der Waals surface area contributed by atoms with E-state index in [1.54, 1.807) is 42.5 Å². The summed E-state index contributed by atoms with van der Waals surface area (Å²) >= 11 is 6.09. The molecule has 3 aromatic carbocycles. The number of ether oxygens (including phenoxy) is 2. The van der Waals surface area contributed by atoms with Crippen molar-refractivity contribution in [2.45, 2.75) is 12.8 Å². The normalized spacial score (nSPS) is 12.7. The first-order valence-corrected chi connectivity index (χ1v) is 10.3. The highest BCUT2D eigenvalue weighted by atomic mass is 35.5. The minimum absolute atomic E-state index is 0.0156. The van der Waals surface area contributed by atoms with Gasteiger partial charge in [-0.3, -0.25) is 9.59 Å². The maximum atomic E-state index is 12.5. The Hall–Kier alpha value is -3.51. The van der Waals surface area contributed by atoms with Gasteiger partial charge in [0.25, 0.3) is 5.91 Å². The van der Waals surface area contributed by atoms with Crippen molar-refractivity contribution in [3.63, 3.8) is 0 Å². The van der Waals surface area contributed by atoms with Crippen LogP contribution in [-0.2, 0) is 9.59 Å². The van der Waals surface area contributed by atoms with Gasteiger partial charge in [0.05, 0.1) is 5.69 Å². The number of hydrogen-bond acceptors (Lipinski definition) is 4. The highest BCUT2D eigenvalue weighted by molar-refractivity contribution is 6.31. The number of halogens is 1. The van der Waals surface area contributed by atoms with Gasteiger partial charge in [-0.25, -0.2) is 0 Å². The molecule has 1 saturated carbocycles. The fourth-order valence-electron chi connectivity index (χ4n) is 2.89. The van der Waals surface area contributed by atoms with Gasteiger partial charge < -0.3 is 20.1 Å². The van der Waals surface area contributed by atoms with Gasteiger partial charge in [-0.1, -0.05) is 35.9 Å². The Balaban J connectivity index is 1.37. The van der Waals surface area contributed by atoms with Gasteiger partial charge in [0, 0.05) is 22.7 Å². The Morgan fingerprint density at radius 2 is 1.68 bits per heavy atom. The van der Waals surface area contributed by atoms with E-state index in [1.807, 2.05) is 30.3 Å². The van der Waals surface area contributed by atoms with Crippen molar-refractivity contribution < 1.29 is 19.1 Å². The fraction of sp³-hybridized carbons (Fsp3) is 0.167. The molecule has 1 aliphatic rings. The van der Waals surface area contributed by atoms with Gasteiger partial charge in [0.1, 0.15) is 11.5 Å². The van der Waals surface area contributed by atoms with E-state index in [-0.39, 0.29) is 24.3 Å². The standard InChI is InChI=1S/C24H21ClN2O4/c25-17-11-12-22(31-19-6-2-1-3-7-19)21(13-17)27-23(28)15-30-20-8-4-5-18(14-20)26-24(29)16-9-10-16/h1-8,11-14,16H,9-10,15H2,(H,26,29)(H,27,28). The average molecular weight is 437 g/mol. The van der Waals surface area contributed by atoms with E-state index in [0.717, 1.165) is 12.8 Å². The molecule has 3 aromatic rings. The van der Waals surface area contributed by atoms with Crippen LogP contribution in [0.15, 0.2) is 72.8 Å². The van der Waals surface area contributed by atoms with Crippen LogP contribution in [0.1, 0.15) is 12.8 Å². The average Bonchev–Trinajstić information content (AvgIpc) is 3.61. The number of hydrogen-bond donors (Lipinski definition) is 2. The van der Waals surface area contributed by atoms with Crippen LogP contribution in [0.4, 0.5) is 11.4 Å². The number of carbonyl (C=O) groups excluding carboxylic acids is 2. The Morgan fingerprint density at radius 1 is 0.903 bits per heavy atom. The lowest BCUT2D eigenvalue weighted by Crippen LogP contribution is -2.20. The third-order valence-corrected chi connectivity index (χ3v) is 4.84. The second-order valence-electron chi connectivity index (χ2n) is 7.18. The van der Waals surface area contributed by atoms with E-state index in [4.69, 9.17) is 21.1 Å². The lowest BCUT2D eigenvalue weighted by molar-refractivity contribution is -0.118. The molecule has 7 heteroatoms. The molecule has 0 saturated heterocycles. The molecule has 0 radical (unpaired) electrons. The Kier molecular flexibility index (Phi) is 6.38. The van der Waals surface area contributed by atoms with Crippen LogP contribution in [0.5, 0.6) is 17.2 Å². The summed E-state index contributed by atoms with van der Waals surface area (Å²) in [6.45, 7) is -0.211. The molecular weight excluding hydrogens is 416 g/mol. The van der Waals surface area contributed by atoms with Gasteiger partial charge in [0.15, 0.2) is 12.4 Å². The molecule has 2 N–H and O–H groups in total. The van der Waals surface area contributed by atoms with Crippen molar-refractivity contribution in [1.82, 2.24) is 0 Å². The van der Waals surface area contributed by atoms with E-state index < -0.39 is 0 Å². The zero-order valence-electron chi connectivity index (χ0n) is 16.6. The number of benzene rings is 3. The smallest absolute Gasteiger partial charge is 0.262 e. The maximum Gasteiger partial charge on any atom is 0.262 e. The maximum absolute atomic E-state index is 12.5. The summed E-state index contributed by atoms with van der Waals surface area (Å²) in [4.78, 5) is 24.4. The molecular formula is C24H21ClN2O4. The molecule has 0 heterocycles. The van der Waals surface area contributed by atoms with Crippen LogP contribution in [0.3, 0.4) is 0 Å². The summed E-state index contributed by atoms with van der Waals surface area (Å²) in [5, 5.41) is 6.09. The zero-order chi connectivity index (χ0) is 21.6. The molecule has 0 spiro atoms. The third kappa shape index (κ3) is 5.99. The predicted octanol–water partition coefficient (Wildman–Crippen LogP) is 5.50. The van der Waals surface area contributed by atoms with Crippen LogP contribution >= 0.6 is 11.6 Å². The van der Waals surface area contributed by atoms with Gasteiger partial charge in [-0.2, -0.15) is 0 Å². The Morgan fingerprint density at radius 3 is 2.45 bits per heavy atom. The third-order valence-electron chi connectivity index (χ3n) is 4.61. The molecule has 1 aliphatic carbocycles. The molecule has 4 rings (SSSR count). The van der Waals surface area contributed by atoms with Gasteiger partial charge in [-0.15, -0.1) is 0 Å². The Bertz CT molecular complexity index is 1080. The van der Waals surface area contributed by atoms with E-state index >= 15 is 0 Å². The molecule has 0 unspecified atom stereocenters. The second kappa shape index (κ2) is 9.53. The van der Waals surface area contributed by atoms with Gasteiger partial charge in [0.2, 0.25) is 5.91 Å². The summed E-state index contributed by atoms with van der Waals surface area (Å²) < 4.78 is 11.4. The first kappa shape index (κ1) is 20.8. The number of para-hydroxylation sites is 1. The van der Waals surface area contributed by atoms with Crippen molar-refractivity contribution >= 4 is 34.8 Å². The first-order chi connectivity index (χ1) is 15.1. The highest BCUT2D eigenvalue weighted by Gasteiger charge is 2.29. The minimum Gasteiger partial charge on any atom is -0.484 e. The second-order valence-corrected chi connectivity index (χ2v) is 7.62.